The molecule has 16 heteroatoms. The van der Waals surface area contributed by atoms with Gasteiger partial charge in [0.25, 0.3) is 0 Å². The zero-order valence-electron chi connectivity index (χ0n) is 18.2. The second-order valence-electron chi connectivity index (χ2n) is 6.92. The smallest absolute Gasteiger partial charge is 0.326 e. The quantitative estimate of drug-likeness (QED) is 0.0428. The molecule has 0 rings (SSSR count). The first-order chi connectivity index (χ1) is 15.5. The lowest BCUT2D eigenvalue weighted by molar-refractivity contribution is -0.142. The van der Waals surface area contributed by atoms with E-state index in [1.165, 1.54) is 0 Å². The summed E-state index contributed by atoms with van der Waals surface area (Å²) < 4.78 is 0. The van der Waals surface area contributed by atoms with Crippen molar-refractivity contribution in [3.63, 3.8) is 0 Å². The highest BCUT2D eigenvalue weighted by atomic mass is 32.1. The van der Waals surface area contributed by atoms with E-state index in [4.69, 9.17) is 28.7 Å². The Kier molecular flexibility index (Phi) is 14.8. The van der Waals surface area contributed by atoms with Crippen LogP contribution in [0.4, 0.5) is 0 Å². The van der Waals surface area contributed by atoms with Crippen LogP contribution in [-0.2, 0) is 19.2 Å². The van der Waals surface area contributed by atoms with Gasteiger partial charge in [-0.15, -0.1) is 0 Å². The van der Waals surface area contributed by atoms with E-state index in [2.05, 4.69) is 38.6 Å². The van der Waals surface area contributed by atoms with Gasteiger partial charge >= 0.3 is 5.97 Å². The molecule has 33 heavy (non-hydrogen) atoms. The van der Waals surface area contributed by atoms with Crippen LogP contribution in [0.1, 0.15) is 25.7 Å². The van der Waals surface area contributed by atoms with Crippen molar-refractivity contribution in [2.45, 2.75) is 43.8 Å². The third-order valence-electron chi connectivity index (χ3n) is 4.12. The molecule has 0 heterocycles. The van der Waals surface area contributed by atoms with Crippen molar-refractivity contribution in [2.24, 2.45) is 38.7 Å². The van der Waals surface area contributed by atoms with Gasteiger partial charge in [0.05, 0.1) is 12.6 Å². The third kappa shape index (κ3) is 14.4. The number of rotatable bonds is 16. The molecule has 0 bridgehead atoms. The van der Waals surface area contributed by atoms with Gasteiger partial charge in [-0.05, 0) is 25.7 Å². The average molecular weight is 491 g/mol. The van der Waals surface area contributed by atoms with Crippen LogP contribution in [0.2, 0.25) is 0 Å². The molecule has 15 nitrogen and oxygen atoms in total. The largest absolute Gasteiger partial charge is 0.480 e. The molecule has 0 aromatic rings. The number of carbonyl (C=O) groups excluding carboxylic acids is 3. The lowest BCUT2D eigenvalue weighted by atomic mass is 10.1. The van der Waals surface area contributed by atoms with E-state index in [1.54, 1.807) is 0 Å². The highest BCUT2D eigenvalue weighted by Gasteiger charge is 2.24. The van der Waals surface area contributed by atoms with Crippen LogP contribution in [0.3, 0.4) is 0 Å². The zero-order valence-corrected chi connectivity index (χ0v) is 19.1. The highest BCUT2D eigenvalue weighted by Crippen LogP contribution is 1.99. The Morgan fingerprint density at radius 2 is 1.39 bits per heavy atom. The zero-order chi connectivity index (χ0) is 25.4. The standard InChI is InChI=1S/C17H34N10O5S/c18-9(3-1-5-23-16(19)20)13(29)27-11(8-33)14(30)25-7-12(28)26-10(15(31)32)4-2-6-24-17(21)22/h9-11,33H,1-8,18H2,(H,25,30)(H,26,28)(H,27,29)(H,31,32)(H4,19,20,23)(H4,21,22,24). The van der Waals surface area contributed by atoms with E-state index in [-0.39, 0.29) is 37.1 Å². The number of nitrogens with one attached hydrogen (secondary N) is 3. The SMILES string of the molecule is NC(N)=NCCCC(N)C(=O)NC(CS)C(=O)NCC(=O)NC(CCCN=C(N)N)C(=O)O. The molecule has 0 radical (unpaired) electrons. The summed E-state index contributed by atoms with van der Waals surface area (Å²) in [6, 6.07) is -3.12. The molecule has 0 saturated heterocycles. The number of carbonyl (C=O) groups is 4. The summed E-state index contributed by atoms with van der Waals surface area (Å²) >= 11 is 4.03. The maximum atomic E-state index is 12.3. The van der Waals surface area contributed by atoms with Crippen LogP contribution < -0.4 is 44.6 Å². The fourth-order valence-electron chi connectivity index (χ4n) is 2.42. The second kappa shape index (κ2) is 16.4. The first-order valence-electron chi connectivity index (χ1n) is 10.0. The predicted molar refractivity (Wildman–Crippen MR) is 126 cm³/mol. The molecular weight excluding hydrogens is 456 g/mol. The third-order valence-corrected chi connectivity index (χ3v) is 4.49. The number of nitrogens with two attached hydrogens (primary N) is 5. The maximum absolute atomic E-state index is 12.3. The van der Waals surface area contributed by atoms with Gasteiger partial charge in [0.1, 0.15) is 12.1 Å². The van der Waals surface area contributed by atoms with E-state index in [0.717, 1.165) is 0 Å². The number of thiol groups is 1. The van der Waals surface area contributed by atoms with Crippen LogP contribution in [0.15, 0.2) is 9.98 Å². The monoisotopic (exact) mass is 490 g/mol. The first-order valence-corrected chi connectivity index (χ1v) is 10.7. The minimum Gasteiger partial charge on any atom is -0.480 e. The van der Waals surface area contributed by atoms with Crippen LogP contribution in [0, 0.1) is 0 Å². The molecule has 0 fully saturated rings. The molecule has 14 N–H and O–H groups in total. The van der Waals surface area contributed by atoms with E-state index < -0.39 is 48.4 Å². The van der Waals surface area contributed by atoms with E-state index in [1.807, 2.05) is 0 Å². The number of hydrogen-bond donors (Lipinski definition) is 10. The topological polar surface area (TPSA) is 279 Å². The Bertz CT molecular complexity index is 725. The molecule has 0 aromatic heterocycles. The summed E-state index contributed by atoms with van der Waals surface area (Å²) in [7, 11) is 0. The molecule has 0 aliphatic carbocycles. The molecular formula is C17H34N10O5S. The van der Waals surface area contributed by atoms with E-state index in [9.17, 15) is 24.3 Å². The minimum atomic E-state index is -1.24. The van der Waals surface area contributed by atoms with Crippen molar-refractivity contribution in [2.75, 3.05) is 25.4 Å². The highest BCUT2D eigenvalue weighted by molar-refractivity contribution is 7.80. The van der Waals surface area contributed by atoms with Gasteiger partial charge in [0.15, 0.2) is 11.9 Å². The van der Waals surface area contributed by atoms with Gasteiger partial charge in [-0.1, -0.05) is 0 Å². The molecule has 0 aromatic carbocycles. The Labute approximate surface area is 196 Å². The van der Waals surface area contributed by atoms with Gasteiger partial charge in [-0.3, -0.25) is 24.4 Å². The number of amides is 3. The van der Waals surface area contributed by atoms with Gasteiger partial charge in [0, 0.05) is 18.8 Å². The van der Waals surface area contributed by atoms with Gasteiger partial charge in [0.2, 0.25) is 17.7 Å². The van der Waals surface area contributed by atoms with Crippen LogP contribution in [0.5, 0.6) is 0 Å². The Morgan fingerprint density at radius 1 is 0.848 bits per heavy atom. The Hall–Kier alpha value is -3.27. The maximum Gasteiger partial charge on any atom is 0.326 e. The number of guanidine groups is 2. The number of carboxylic acid groups (broad SMARTS) is 1. The molecule has 188 valence electrons. The minimum absolute atomic E-state index is 0.0531. The number of hydrogen-bond acceptors (Lipinski definition) is 8. The van der Waals surface area contributed by atoms with Crippen molar-refractivity contribution in [3.05, 3.63) is 0 Å². The predicted octanol–water partition coefficient (Wildman–Crippen LogP) is -4.48. The van der Waals surface area contributed by atoms with Crippen molar-refractivity contribution in [1.82, 2.24) is 16.0 Å². The molecule has 0 aliphatic rings. The molecule has 3 amide bonds. The summed E-state index contributed by atoms with van der Waals surface area (Å²) in [6.45, 7) is 0.0141. The lowest BCUT2D eigenvalue weighted by Crippen LogP contribution is -2.54. The van der Waals surface area contributed by atoms with Gasteiger partial charge in [-0.25, -0.2) is 4.79 Å². The summed E-state index contributed by atoms with van der Waals surface area (Å²) in [5.41, 5.74) is 26.6. The van der Waals surface area contributed by atoms with Crippen LogP contribution in [-0.4, -0.2) is 84.2 Å². The lowest BCUT2D eigenvalue weighted by Gasteiger charge is -2.19. The number of carboxylic acids is 1. The van der Waals surface area contributed by atoms with Crippen molar-refractivity contribution < 1.29 is 24.3 Å². The summed E-state index contributed by atoms with van der Waals surface area (Å²) in [4.78, 5) is 55.3. The number of aliphatic carboxylic acids is 1. The van der Waals surface area contributed by atoms with Crippen LogP contribution >= 0.6 is 12.6 Å². The molecule has 0 aliphatic heterocycles. The fourth-order valence-corrected chi connectivity index (χ4v) is 2.68. The van der Waals surface area contributed by atoms with Crippen molar-refractivity contribution in [3.8, 4) is 0 Å². The van der Waals surface area contributed by atoms with Crippen molar-refractivity contribution in [1.29, 1.82) is 0 Å². The van der Waals surface area contributed by atoms with E-state index in [0.29, 0.717) is 19.4 Å². The van der Waals surface area contributed by atoms with Crippen molar-refractivity contribution >= 4 is 48.2 Å². The Morgan fingerprint density at radius 3 is 1.88 bits per heavy atom. The first kappa shape index (κ1) is 29.7. The number of aliphatic imine (C=N–C) groups is 2. The normalized spacial score (nSPS) is 13.0. The number of nitrogens with zero attached hydrogens (tertiary/aromatic N) is 2. The summed E-state index contributed by atoms with van der Waals surface area (Å²) in [6.07, 6.45) is 1.15. The van der Waals surface area contributed by atoms with Crippen LogP contribution in [0.25, 0.3) is 0 Å². The fraction of sp³-hybridized carbons (Fsp3) is 0.647. The molecule has 0 spiro atoms. The van der Waals surface area contributed by atoms with Gasteiger partial charge < -0.3 is 49.7 Å². The molecule has 0 saturated carbocycles. The summed E-state index contributed by atoms with van der Waals surface area (Å²) in [5, 5.41) is 16.3. The molecule has 3 unspecified atom stereocenters. The second-order valence-corrected chi connectivity index (χ2v) is 7.29. The Balaban J connectivity index is 4.53. The average Bonchev–Trinajstić information content (AvgIpc) is 2.74. The molecule has 3 atom stereocenters. The van der Waals surface area contributed by atoms with E-state index >= 15 is 0 Å². The summed E-state index contributed by atoms with van der Waals surface area (Å²) in [5.74, 6) is -3.46. The van der Waals surface area contributed by atoms with Gasteiger partial charge in [-0.2, -0.15) is 12.6 Å².